The minimum Gasteiger partial charge on any atom is -0.310 e. The quantitative estimate of drug-likeness (QED) is 0.577. The lowest BCUT2D eigenvalue weighted by atomic mass is 10.1. The summed E-state index contributed by atoms with van der Waals surface area (Å²) in [5.41, 5.74) is 2.33. The van der Waals surface area contributed by atoms with E-state index in [1.807, 2.05) is 38.1 Å². The highest BCUT2D eigenvalue weighted by molar-refractivity contribution is 6.35. The molecule has 0 saturated heterocycles. The predicted molar refractivity (Wildman–Crippen MR) is 115 cm³/mol. The standard InChI is InChI=1S/C22H20Cl2N2O2/c1-3-26(18-7-4-6-15(2)12-18)22(28)19-8-5-11-25(21(19)27)14-16-9-10-17(23)13-20(16)24/h4-13H,3,14H2,1-2H3. The van der Waals surface area contributed by atoms with Gasteiger partial charge in [-0.25, -0.2) is 0 Å². The Morgan fingerprint density at radius 2 is 1.86 bits per heavy atom. The third-order valence-electron chi connectivity index (χ3n) is 4.48. The lowest BCUT2D eigenvalue weighted by Gasteiger charge is -2.21. The summed E-state index contributed by atoms with van der Waals surface area (Å²) >= 11 is 12.2. The van der Waals surface area contributed by atoms with Gasteiger partial charge in [0, 0.05) is 28.5 Å². The molecule has 28 heavy (non-hydrogen) atoms. The first kappa shape index (κ1) is 20.2. The second-order valence-corrected chi connectivity index (χ2v) is 7.32. The van der Waals surface area contributed by atoms with Crippen LogP contribution in [0, 0.1) is 6.92 Å². The average molecular weight is 415 g/mol. The van der Waals surface area contributed by atoms with Gasteiger partial charge in [-0.1, -0.05) is 41.4 Å². The molecule has 6 heteroatoms. The SMILES string of the molecule is CCN(C(=O)c1cccn(Cc2ccc(Cl)cc2Cl)c1=O)c1cccc(C)c1. The van der Waals surface area contributed by atoms with E-state index < -0.39 is 0 Å². The minimum absolute atomic E-state index is 0.121. The minimum atomic E-state index is -0.357. The number of benzene rings is 2. The van der Waals surface area contributed by atoms with E-state index in [1.54, 1.807) is 41.4 Å². The van der Waals surface area contributed by atoms with Crippen molar-refractivity contribution in [2.45, 2.75) is 20.4 Å². The van der Waals surface area contributed by atoms with Crippen molar-refractivity contribution < 1.29 is 4.79 Å². The number of carbonyl (C=O) groups is 1. The lowest BCUT2D eigenvalue weighted by Crippen LogP contribution is -2.36. The van der Waals surface area contributed by atoms with Crippen LogP contribution in [0.15, 0.2) is 65.6 Å². The first-order valence-corrected chi connectivity index (χ1v) is 9.68. The van der Waals surface area contributed by atoms with Crippen molar-refractivity contribution in [3.63, 3.8) is 0 Å². The van der Waals surface area contributed by atoms with E-state index in [0.29, 0.717) is 16.6 Å². The highest BCUT2D eigenvalue weighted by Crippen LogP contribution is 2.22. The van der Waals surface area contributed by atoms with Gasteiger partial charge in [-0.2, -0.15) is 0 Å². The Balaban J connectivity index is 1.95. The summed E-state index contributed by atoms with van der Waals surface area (Å²) in [6.07, 6.45) is 1.65. The van der Waals surface area contributed by atoms with Gasteiger partial charge in [0.1, 0.15) is 5.56 Å². The number of carbonyl (C=O) groups excluding carboxylic acids is 1. The second-order valence-electron chi connectivity index (χ2n) is 6.48. The van der Waals surface area contributed by atoms with E-state index in [-0.39, 0.29) is 23.6 Å². The van der Waals surface area contributed by atoms with E-state index in [2.05, 4.69) is 0 Å². The number of nitrogens with zero attached hydrogens (tertiary/aromatic N) is 2. The Bertz CT molecular complexity index is 1080. The fourth-order valence-corrected chi connectivity index (χ4v) is 3.51. The van der Waals surface area contributed by atoms with Crippen LogP contribution in [0.1, 0.15) is 28.4 Å². The van der Waals surface area contributed by atoms with Gasteiger partial charge in [-0.05, 0) is 61.4 Å². The molecular weight excluding hydrogens is 395 g/mol. The molecule has 1 heterocycles. The molecule has 1 aromatic heterocycles. The van der Waals surface area contributed by atoms with Gasteiger partial charge in [-0.15, -0.1) is 0 Å². The van der Waals surface area contributed by atoms with Gasteiger partial charge >= 0.3 is 0 Å². The summed E-state index contributed by atoms with van der Waals surface area (Å²) < 4.78 is 1.48. The largest absolute Gasteiger partial charge is 0.310 e. The van der Waals surface area contributed by atoms with Crippen LogP contribution in [0.2, 0.25) is 10.0 Å². The molecule has 3 rings (SSSR count). The average Bonchev–Trinajstić information content (AvgIpc) is 2.66. The molecule has 0 N–H and O–H groups in total. The third-order valence-corrected chi connectivity index (χ3v) is 5.07. The molecule has 4 nitrogen and oxygen atoms in total. The normalized spacial score (nSPS) is 10.7. The molecule has 1 amide bonds. The van der Waals surface area contributed by atoms with E-state index in [1.165, 1.54) is 4.57 Å². The van der Waals surface area contributed by atoms with Crippen molar-refractivity contribution in [1.82, 2.24) is 4.57 Å². The van der Waals surface area contributed by atoms with Gasteiger partial charge in [0.2, 0.25) is 0 Å². The number of amides is 1. The number of aromatic nitrogens is 1. The Morgan fingerprint density at radius 1 is 1.07 bits per heavy atom. The fraction of sp³-hybridized carbons (Fsp3) is 0.182. The van der Waals surface area contributed by atoms with E-state index in [0.717, 1.165) is 16.8 Å². The molecule has 0 bridgehead atoms. The van der Waals surface area contributed by atoms with Gasteiger partial charge in [0.15, 0.2) is 0 Å². The maximum atomic E-state index is 13.1. The molecule has 0 radical (unpaired) electrons. The van der Waals surface area contributed by atoms with Gasteiger partial charge in [0.05, 0.1) is 6.54 Å². The predicted octanol–water partition coefficient (Wildman–Crippen LogP) is 5.18. The van der Waals surface area contributed by atoms with Crippen molar-refractivity contribution in [2.75, 3.05) is 11.4 Å². The second kappa shape index (κ2) is 8.63. The summed E-state index contributed by atoms with van der Waals surface area (Å²) in [4.78, 5) is 27.7. The van der Waals surface area contributed by atoms with Crippen molar-refractivity contribution in [2.24, 2.45) is 0 Å². The van der Waals surface area contributed by atoms with Crippen molar-refractivity contribution >= 4 is 34.8 Å². The molecule has 0 saturated carbocycles. The van der Waals surface area contributed by atoms with E-state index in [9.17, 15) is 9.59 Å². The van der Waals surface area contributed by atoms with Crippen molar-refractivity contribution in [3.8, 4) is 0 Å². The number of halogens is 2. The lowest BCUT2D eigenvalue weighted by molar-refractivity contribution is 0.0986. The highest BCUT2D eigenvalue weighted by Gasteiger charge is 2.20. The molecule has 3 aromatic rings. The summed E-state index contributed by atoms with van der Waals surface area (Å²) in [6, 6.07) is 16.0. The van der Waals surface area contributed by atoms with Gasteiger partial charge < -0.3 is 9.47 Å². The molecule has 0 aliphatic rings. The maximum Gasteiger partial charge on any atom is 0.263 e. The van der Waals surface area contributed by atoms with Crippen LogP contribution in [0.5, 0.6) is 0 Å². The first-order chi connectivity index (χ1) is 13.4. The zero-order valence-electron chi connectivity index (χ0n) is 15.7. The summed E-state index contributed by atoms with van der Waals surface area (Å²) in [5.74, 6) is -0.324. The van der Waals surface area contributed by atoms with E-state index in [4.69, 9.17) is 23.2 Å². The van der Waals surface area contributed by atoms with Crippen LogP contribution in [0.25, 0.3) is 0 Å². The van der Waals surface area contributed by atoms with Crippen LogP contribution >= 0.6 is 23.2 Å². The van der Waals surface area contributed by atoms with Crippen LogP contribution in [-0.4, -0.2) is 17.0 Å². The fourth-order valence-electron chi connectivity index (χ4n) is 3.04. The first-order valence-electron chi connectivity index (χ1n) is 8.92. The zero-order valence-corrected chi connectivity index (χ0v) is 17.2. The molecule has 0 spiro atoms. The molecular formula is C22H20Cl2N2O2. The van der Waals surface area contributed by atoms with Gasteiger partial charge in [0.25, 0.3) is 11.5 Å². The Kier molecular flexibility index (Phi) is 6.22. The zero-order chi connectivity index (χ0) is 20.3. The van der Waals surface area contributed by atoms with Crippen LogP contribution in [-0.2, 0) is 6.54 Å². The maximum absolute atomic E-state index is 13.1. The topological polar surface area (TPSA) is 42.3 Å². The molecule has 2 aromatic carbocycles. The number of hydrogen-bond donors (Lipinski definition) is 0. The monoisotopic (exact) mass is 414 g/mol. The highest BCUT2D eigenvalue weighted by atomic mass is 35.5. The Morgan fingerprint density at radius 3 is 2.54 bits per heavy atom. The summed E-state index contributed by atoms with van der Waals surface area (Å²) in [5, 5.41) is 1.01. The number of aryl methyl sites for hydroxylation is 1. The number of rotatable bonds is 5. The van der Waals surface area contributed by atoms with Crippen molar-refractivity contribution in [1.29, 1.82) is 0 Å². The van der Waals surface area contributed by atoms with Crippen LogP contribution in [0.3, 0.4) is 0 Å². The number of pyridine rings is 1. The van der Waals surface area contributed by atoms with Crippen molar-refractivity contribution in [3.05, 3.63) is 97.9 Å². The molecule has 0 unspecified atom stereocenters. The Hall–Kier alpha value is -2.56. The molecule has 0 fully saturated rings. The molecule has 0 atom stereocenters. The molecule has 0 aliphatic heterocycles. The van der Waals surface area contributed by atoms with Gasteiger partial charge in [-0.3, -0.25) is 9.59 Å². The smallest absolute Gasteiger partial charge is 0.263 e. The Labute approximate surface area is 173 Å². The number of anilines is 1. The number of hydrogen-bond acceptors (Lipinski definition) is 2. The molecule has 0 aliphatic carbocycles. The summed E-state index contributed by atoms with van der Waals surface area (Å²) in [6.45, 7) is 4.56. The van der Waals surface area contributed by atoms with Crippen LogP contribution < -0.4 is 10.5 Å². The molecule has 144 valence electrons. The van der Waals surface area contributed by atoms with Crippen LogP contribution in [0.4, 0.5) is 5.69 Å². The van der Waals surface area contributed by atoms with E-state index >= 15 is 0 Å². The third kappa shape index (κ3) is 4.29. The summed E-state index contributed by atoms with van der Waals surface area (Å²) in [7, 11) is 0.